The van der Waals surface area contributed by atoms with Gasteiger partial charge in [0.2, 0.25) is 0 Å². The topological polar surface area (TPSA) is 40.2 Å². The van der Waals surface area contributed by atoms with Crippen LogP contribution in [0.1, 0.15) is 85.5 Å². The normalized spacial score (nSPS) is 17.1. The van der Waals surface area contributed by atoms with E-state index in [1.807, 2.05) is 20.8 Å². The van der Waals surface area contributed by atoms with E-state index in [9.17, 15) is 0 Å². The number of morpholine rings is 1. The molecule has 28 heavy (non-hydrogen) atoms. The van der Waals surface area contributed by atoms with Gasteiger partial charge in [0, 0.05) is 38.8 Å². The van der Waals surface area contributed by atoms with Gasteiger partial charge in [0.05, 0.1) is 13.2 Å². The van der Waals surface area contributed by atoms with Gasteiger partial charge in [-0.2, -0.15) is 0 Å². The highest BCUT2D eigenvalue weighted by Gasteiger charge is 2.41. The zero-order valence-corrected chi connectivity index (χ0v) is 19.2. The minimum atomic E-state index is -0.882. The average Bonchev–Trinajstić information content (AvgIpc) is 2.70. The van der Waals surface area contributed by atoms with Crippen molar-refractivity contribution >= 4 is 0 Å². The standard InChI is InChI=1S/C23H47NO4/c1-5-9-10-11-12-13-15-22(16-14-17-24-18-20-25-21-19-24)23(26-6-2,27-7-3)28-8-4/h22H,5-21H2,1-4H3. The van der Waals surface area contributed by atoms with E-state index in [1.54, 1.807) is 0 Å². The molecule has 0 amide bonds. The molecule has 0 aromatic heterocycles. The van der Waals surface area contributed by atoms with Crippen LogP contribution in [0.3, 0.4) is 0 Å². The highest BCUT2D eigenvalue weighted by atomic mass is 16.9. The van der Waals surface area contributed by atoms with E-state index in [4.69, 9.17) is 18.9 Å². The molecule has 0 radical (unpaired) electrons. The van der Waals surface area contributed by atoms with Crippen LogP contribution in [0, 0.1) is 5.92 Å². The molecular formula is C23H47NO4. The van der Waals surface area contributed by atoms with E-state index >= 15 is 0 Å². The second-order valence-corrected chi connectivity index (χ2v) is 7.75. The zero-order chi connectivity index (χ0) is 20.5. The SMILES string of the molecule is CCCCCCCCC(CCCN1CCOCC1)C(OCC)(OCC)OCC. The maximum Gasteiger partial charge on any atom is 0.285 e. The Bertz CT molecular complexity index is 330. The van der Waals surface area contributed by atoms with Gasteiger partial charge >= 0.3 is 0 Å². The molecule has 1 atom stereocenters. The van der Waals surface area contributed by atoms with Crippen molar-refractivity contribution in [1.82, 2.24) is 4.90 Å². The summed E-state index contributed by atoms with van der Waals surface area (Å²) < 4.78 is 23.9. The minimum absolute atomic E-state index is 0.277. The van der Waals surface area contributed by atoms with E-state index in [1.165, 1.54) is 38.5 Å². The van der Waals surface area contributed by atoms with Crippen LogP contribution in [0.25, 0.3) is 0 Å². The fraction of sp³-hybridized carbons (Fsp3) is 1.00. The van der Waals surface area contributed by atoms with Gasteiger partial charge in [0.1, 0.15) is 0 Å². The number of hydrogen-bond donors (Lipinski definition) is 0. The van der Waals surface area contributed by atoms with E-state index in [0.29, 0.717) is 19.8 Å². The van der Waals surface area contributed by atoms with Crippen molar-refractivity contribution in [2.24, 2.45) is 5.92 Å². The molecule has 1 aliphatic rings. The molecular weight excluding hydrogens is 354 g/mol. The Morgan fingerprint density at radius 2 is 1.29 bits per heavy atom. The molecule has 1 fully saturated rings. The molecule has 0 aromatic carbocycles. The van der Waals surface area contributed by atoms with Gasteiger partial charge in [-0.05, 0) is 46.6 Å². The molecule has 5 heteroatoms. The first-order valence-corrected chi connectivity index (χ1v) is 11.9. The largest absolute Gasteiger partial charge is 0.379 e. The number of unbranched alkanes of at least 4 members (excludes halogenated alkanes) is 5. The molecule has 0 saturated carbocycles. The summed E-state index contributed by atoms with van der Waals surface area (Å²) in [6.07, 6.45) is 11.2. The predicted molar refractivity (Wildman–Crippen MR) is 116 cm³/mol. The fourth-order valence-corrected chi connectivity index (χ4v) is 4.14. The van der Waals surface area contributed by atoms with E-state index < -0.39 is 5.97 Å². The molecule has 1 rings (SSSR count). The molecule has 0 spiro atoms. The summed E-state index contributed by atoms with van der Waals surface area (Å²) in [6, 6.07) is 0. The van der Waals surface area contributed by atoms with Crippen molar-refractivity contribution in [3.8, 4) is 0 Å². The molecule has 0 bridgehead atoms. The lowest BCUT2D eigenvalue weighted by molar-refractivity contribution is -0.403. The van der Waals surface area contributed by atoms with E-state index in [-0.39, 0.29) is 5.92 Å². The Balaban J connectivity index is 2.63. The van der Waals surface area contributed by atoms with Gasteiger partial charge in [-0.25, -0.2) is 0 Å². The maximum atomic E-state index is 6.13. The Kier molecular flexibility index (Phi) is 15.3. The first kappa shape index (κ1) is 25.8. The maximum absolute atomic E-state index is 6.13. The molecule has 5 nitrogen and oxygen atoms in total. The van der Waals surface area contributed by atoms with Crippen LogP contribution < -0.4 is 0 Å². The van der Waals surface area contributed by atoms with Gasteiger partial charge < -0.3 is 18.9 Å². The summed E-state index contributed by atoms with van der Waals surface area (Å²) in [5, 5.41) is 0. The Morgan fingerprint density at radius 3 is 1.86 bits per heavy atom. The molecule has 0 aliphatic carbocycles. The second-order valence-electron chi connectivity index (χ2n) is 7.75. The molecule has 0 aromatic rings. The quantitative estimate of drug-likeness (QED) is 0.232. The van der Waals surface area contributed by atoms with Crippen LogP contribution in [0.4, 0.5) is 0 Å². The summed E-state index contributed by atoms with van der Waals surface area (Å²) in [6.45, 7) is 15.1. The monoisotopic (exact) mass is 401 g/mol. The van der Waals surface area contributed by atoms with Crippen LogP contribution in [0.15, 0.2) is 0 Å². The molecule has 0 N–H and O–H groups in total. The molecule has 1 heterocycles. The van der Waals surface area contributed by atoms with Gasteiger partial charge in [-0.3, -0.25) is 4.90 Å². The molecule has 1 unspecified atom stereocenters. The van der Waals surface area contributed by atoms with Gasteiger partial charge in [0.25, 0.3) is 5.97 Å². The highest BCUT2D eigenvalue weighted by Crippen LogP contribution is 2.34. The number of nitrogens with zero attached hydrogens (tertiary/aromatic N) is 1. The van der Waals surface area contributed by atoms with Crippen molar-refractivity contribution in [2.75, 3.05) is 52.7 Å². The van der Waals surface area contributed by atoms with Crippen LogP contribution in [-0.2, 0) is 18.9 Å². The Morgan fingerprint density at radius 1 is 0.750 bits per heavy atom. The summed E-state index contributed by atoms with van der Waals surface area (Å²) in [4.78, 5) is 2.51. The van der Waals surface area contributed by atoms with Crippen LogP contribution in [-0.4, -0.2) is 63.5 Å². The smallest absolute Gasteiger partial charge is 0.285 e. The molecule has 168 valence electrons. The van der Waals surface area contributed by atoms with Crippen molar-refractivity contribution in [1.29, 1.82) is 0 Å². The summed E-state index contributed by atoms with van der Waals surface area (Å²) in [7, 11) is 0. The van der Waals surface area contributed by atoms with Gasteiger partial charge in [-0.15, -0.1) is 0 Å². The lowest BCUT2D eigenvalue weighted by Gasteiger charge is -2.39. The van der Waals surface area contributed by atoms with Crippen molar-refractivity contribution in [3.05, 3.63) is 0 Å². The van der Waals surface area contributed by atoms with Crippen molar-refractivity contribution in [3.63, 3.8) is 0 Å². The third-order valence-electron chi connectivity index (χ3n) is 5.57. The predicted octanol–water partition coefficient (Wildman–Crippen LogP) is 5.23. The third-order valence-corrected chi connectivity index (χ3v) is 5.57. The average molecular weight is 402 g/mol. The Labute approximate surface area is 174 Å². The van der Waals surface area contributed by atoms with Crippen molar-refractivity contribution < 1.29 is 18.9 Å². The van der Waals surface area contributed by atoms with Gasteiger partial charge in [-0.1, -0.05) is 45.4 Å². The second kappa shape index (κ2) is 16.6. The first-order chi connectivity index (χ1) is 13.7. The highest BCUT2D eigenvalue weighted by molar-refractivity contribution is 4.74. The van der Waals surface area contributed by atoms with E-state index in [0.717, 1.165) is 52.1 Å². The lowest BCUT2D eigenvalue weighted by atomic mass is 9.92. The number of rotatable bonds is 18. The fourth-order valence-electron chi connectivity index (χ4n) is 4.14. The number of hydrogen-bond acceptors (Lipinski definition) is 5. The van der Waals surface area contributed by atoms with Crippen LogP contribution >= 0.6 is 0 Å². The Hall–Kier alpha value is -0.200. The third kappa shape index (κ3) is 10.0. The van der Waals surface area contributed by atoms with Crippen LogP contribution in [0.5, 0.6) is 0 Å². The van der Waals surface area contributed by atoms with Crippen molar-refractivity contribution in [2.45, 2.75) is 91.5 Å². The lowest BCUT2D eigenvalue weighted by Crippen LogP contribution is -2.47. The minimum Gasteiger partial charge on any atom is -0.379 e. The van der Waals surface area contributed by atoms with Gasteiger partial charge in [0.15, 0.2) is 0 Å². The molecule has 1 saturated heterocycles. The first-order valence-electron chi connectivity index (χ1n) is 11.9. The zero-order valence-electron chi connectivity index (χ0n) is 19.2. The van der Waals surface area contributed by atoms with Crippen LogP contribution in [0.2, 0.25) is 0 Å². The summed E-state index contributed by atoms with van der Waals surface area (Å²) in [5.41, 5.74) is 0. The summed E-state index contributed by atoms with van der Waals surface area (Å²) in [5.74, 6) is -0.605. The van der Waals surface area contributed by atoms with E-state index in [2.05, 4.69) is 11.8 Å². The number of ether oxygens (including phenoxy) is 4. The molecule has 1 aliphatic heterocycles. The summed E-state index contributed by atoms with van der Waals surface area (Å²) >= 11 is 0.